The van der Waals surface area contributed by atoms with Gasteiger partial charge in [-0.3, -0.25) is 4.79 Å². The van der Waals surface area contributed by atoms with Gasteiger partial charge in [0.05, 0.1) is 19.1 Å². The van der Waals surface area contributed by atoms with Gasteiger partial charge >= 0.3 is 0 Å². The summed E-state index contributed by atoms with van der Waals surface area (Å²) in [6.07, 6.45) is 5.88. The Morgan fingerprint density at radius 3 is 3.00 bits per heavy atom. The lowest BCUT2D eigenvalue weighted by Gasteiger charge is -2.27. The van der Waals surface area contributed by atoms with Crippen molar-refractivity contribution in [1.82, 2.24) is 4.90 Å². The molecule has 0 aliphatic carbocycles. The van der Waals surface area contributed by atoms with E-state index in [0.29, 0.717) is 25.4 Å². The fourth-order valence-electron chi connectivity index (χ4n) is 2.98. The fraction of sp³-hybridized carbons (Fsp3) is 0.929. The Morgan fingerprint density at radius 1 is 1.35 bits per heavy atom. The van der Waals surface area contributed by atoms with Gasteiger partial charge in [0.15, 0.2) is 0 Å². The molecule has 2 unspecified atom stereocenters. The highest BCUT2D eigenvalue weighted by Crippen LogP contribution is 2.21. The maximum absolute atomic E-state index is 11.8. The van der Waals surface area contributed by atoms with Crippen LogP contribution in [0.3, 0.4) is 0 Å². The van der Waals surface area contributed by atoms with Crippen molar-refractivity contribution in [2.75, 3.05) is 32.8 Å². The first-order valence-corrected chi connectivity index (χ1v) is 7.12. The van der Waals surface area contributed by atoms with Gasteiger partial charge in [0.25, 0.3) is 0 Å². The Labute approximate surface area is 105 Å². The Kier molecular flexibility index (Phi) is 4.99. The summed E-state index contributed by atoms with van der Waals surface area (Å²) in [6.45, 7) is 6.83. The fourth-order valence-corrected chi connectivity index (χ4v) is 2.98. The maximum atomic E-state index is 11.8. The molecule has 0 spiro atoms. The molecule has 0 aromatic carbocycles. The highest BCUT2D eigenvalue weighted by molar-refractivity contribution is 5.82. The molecular formula is C14H25NO2. The van der Waals surface area contributed by atoms with Gasteiger partial charge in [-0.1, -0.05) is 13.3 Å². The van der Waals surface area contributed by atoms with Gasteiger partial charge in [0.1, 0.15) is 5.78 Å². The average Bonchev–Trinajstić information content (AvgIpc) is 2.57. The topological polar surface area (TPSA) is 29.5 Å². The minimum atomic E-state index is 0.141. The summed E-state index contributed by atoms with van der Waals surface area (Å²) in [5, 5.41) is 0. The number of hydrogen-bond acceptors (Lipinski definition) is 3. The Balaban J connectivity index is 1.80. The van der Waals surface area contributed by atoms with Crippen LogP contribution < -0.4 is 0 Å². The normalized spacial score (nSPS) is 32.4. The molecule has 2 atom stereocenters. The van der Waals surface area contributed by atoms with Gasteiger partial charge in [0.2, 0.25) is 0 Å². The maximum Gasteiger partial charge on any atom is 0.141 e. The van der Waals surface area contributed by atoms with E-state index in [0.717, 1.165) is 12.5 Å². The number of hydrogen-bond donors (Lipinski definition) is 0. The lowest BCUT2D eigenvalue weighted by Crippen LogP contribution is -2.39. The van der Waals surface area contributed by atoms with E-state index in [9.17, 15) is 4.79 Å². The van der Waals surface area contributed by atoms with Crippen molar-refractivity contribution in [2.45, 2.75) is 39.0 Å². The molecule has 3 heteroatoms. The molecule has 2 heterocycles. The van der Waals surface area contributed by atoms with Gasteiger partial charge in [-0.15, -0.1) is 0 Å². The summed E-state index contributed by atoms with van der Waals surface area (Å²) in [7, 11) is 0. The van der Waals surface area contributed by atoms with E-state index in [2.05, 4.69) is 11.8 Å². The number of nitrogens with zero attached hydrogens (tertiary/aromatic N) is 1. The van der Waals surface area contributed by atoms with E-state index in [1.54, 1.807) is 0 Å². The number of rotatable bonds is 3. The third-order valence-corrected chi connectivity index (χ3v) is 4.26. The van der Waals surface area contributed by atoms with E-state index in [1.807, 2.05) is 0 Å². The first kappa shape index (κ1) is 13.0. The summed E-state index contributed by atoms with van der Waals surface area (Å²) >= 11 is 0. The molecular weight excluding hydrogens is 214 g/mol. The number of likely N-dealkylation sites (tertiary alicyclic amines) is 1. The van der Waals surface area contributed by atoms with E-state index < -0.39 is 0 Å². The minimum absolute atomic E-state index is 0.141. The summed E-state index contributed by atoms with van der Waals surface area (Å²) in [5.41, 5.74) is 0. The lowest BCUT2D eigenvalue weighted by atomic mass is 9.98. The van der Waals surface area contributed by atoms with Gasteiger partial charge in [-0.05, 0) is 38.3 Å². The van der Waals surface area contributed by atoms with Crippen LogP contribution in [0.2, 0.25) is 0 Å². The van der Waals surface area contributed by atoms with Crippen LogP contribution >= 0.6 is 0 Å². The molecule has 0 N–H and O–H groups in total. The number of carbonyl (C=O) groups excluding carboxylic acids is 1. The summed E-state index contributed by atoms with van der Waals surface area (Å²) in [4.78, 5) is 14.2. The standard InChI is InChI=1S/C14H25NO2/c1-2-12-4-3-7-15(8-5-12)10-13-11-17-9-6-14(13)16/h12-13H,2-11H2,1H3. The second-order valence-corrected chi connectivity index (χ2v) is 5.49. The smallest absolute Gasteiger partial charge is 0.141 e. The van der Waals surface area contributed by atoms with Crippen LogP contribution in [-0.4, -0.2) is 43.5 Å². The average molecular weight is 239 g/mol. The minimum Gasteiger partial charge on any atom is -0.380 e. The molecule has 2 saturated heterocycles. The van der Waals surface area contributed by atoms with E-state index >= 15 is 0 Å². The van der Waals surface area contributed by atoms with E-state index in [1.165, 1.54) is 38.8 Å². The molecule has 2 rings (SSSR count). The number of ether oxygens (including phenoxy) is 1. The SMILES string of the molecule is CCC1CCCN(CC2COCCC2=O)CC1. The molecule has 0 aromatic heterocycles. The van der Waals surface area contributed by atoms with Crippen molar-refractivity contribution in [3.8, 4) is 0 Å². The molecule has 0 bridgehead atoms. The van der Waals surface area contributed by atoms with Crippen LogP contribution in [0, 0.1) is 11.8 Å². The molecule has 0 amide bonds. The molecule has 2 fully saturated rings. The van der Waals surface area contributed by atoms with Crippen molar-refractivity contribution < 1.29 is 9.53 Å². The number of Topliss-reactive ketones (excluding diaryl/α,β-unsaturated/α-hetero) is 1. The summed E-state index contributed by atoms with van der Waals surface area (Å²) in [6, 6.07) is 0. The third kappa shape index (κ3) is 3.78. The first-order valence-electron chi connectivity index (χ1n) is 7.12. The molecule has 0 saturated carbocycles. The molecule has 17 heavy (non-hydrogen) atoms. The summed E-state index contributed by atoms with van der Waals surface area (Å²) < 4.78 is 5.42. The predicted molar refractivity (Wildman–Crippen MR) is 68.0 cm³/mol. The molecule has 0 radical (unpaired) electrons. The highest BCUT2D eigenvalue weighted by Gasteiger charge is 2.26. The number of ketones is 1. The summed E-state index contributed by atoms with van der Waals surface area (Å²) in [5.74, 6) is 1.45. The van der Waals surface area contributed by atoms with Crippen molar-refractivity contribution in [3.05, 3.63) is 0 Å². The van der Waals surface area contributed by atoms with Gasteiger partial charge in [0, 0.05) is 13.0 Å². The van der Waals surface area contributed by atoms with Crippen LogP contribution in [-0.2, 0) is 9.53 Å². The van der Waals surface area contributed by atoms with Crippen LogP contribution in [0.4, 0.5) is 0 Å². The molecule has 2 aliphatic rings. The second kappa shape index (κ2) is 6.50. The Hall–Kier alpha value is -0.410. The quantitative estimate of drug-likeness (QED) is 0.755. The largest absolute Gasteiger partial charge is 0.380 e. The van der Waals surface area contributed by atoms with E-state index in [4.69, 9.17) is 4.74 Å². The van der Waals surface area contributed by atoms with Crippen LogP contribution in [0.25, 0.3) is 0 Å². The van der Waals surface area contributed by atoms with Crippen molar-refractivity contribution >= 4 is 5.78 Å². The van der Waals surface area contributed by atoms with Crippen LogP contribution in [0.1, 0.15) is 39.0 Å². The van der Waals surface area contributed by atoms with Gasteiger partial charge in [-0.2, -0.15) is 0 Å². The third-order valence-electron chi connectivity index (χ3n) is 4.26. The molecule has 3 nitrogen and oxygen atoms in total. The molecule has 0 aromatic rings. The van der Waals surface area contributed by atoms with Crippen molar-refractivity contribution in [3.63, 3.8) is 0 Å². The van der Waals surface area contributed by atoms with Crippen molar-refractivity contribution in [2.24, 2.45) is 11.8 Å². The zero-order chi connectivity index (χ0) is 12.1. The van der Waals surface area contributed by atoms with Crippen LogP contribution in [0.5, 0.6) is 0 Å². The second-order valence-electron chi connectivity index (χ2n) is 5.49. The molecule has 98 valence electrons. The predicted octanol–water partition coefficient (Wildman–Crippen LogP) is 2.10. The van der Waals surface area contributed by atoms with Gasteiger partial charge in [-0.25, -0.2) is 0 Å². The Morgan fingerprint density at radius 2 is 2.24 bits per heavy atom. The van der Waals surface area contributed by atoms with Crippen molar-refractivity contribution in [1.29, 1.82) is 0 Å². The number of carbonyl (C=O) groups is 1. The highest BCUT2D eigenvalue weighted by atomic mass is 16.5. The monoisotopic (exact) mass is 239 g/mol. The molecule has 2 aliphatic heterocycles. The van der Waals surface area contributed by atoms with Crippen LogP contribution in [0.15, 0.2) is 0 Å². The van der Waals surface area contributed by atoms with Gasteiger partial charge < -0.3 is 9.64 Å². The zero-order valence-corrected chi connectivity index (χ0v) is 11.0. The lowest BCUT2D eigenvalue weighted by molar-refractivity contribution is -0.131. The Bertz CT molecular complexity index is 255. The van der Waals surface area contributed by atoms with E-state index in [-0.39, 0.29) is 5.92 Å². The zero-order valence-electron chi connectivity index (χ0n) is 11.0. The first-order chi connectivity index (χ1) is 8.29.